The predicted molar refractivity (Wildman–Crippen MR) is 253 cm³/mol. The average molecular weight is 795 g/mol. The van der Waals surface area contributed by atoms with Crippen LogP contribution in [-0.4, -0.2) is 34.7 Å². The van der Waals surface area contributed by atoms with Crippen LogP contribution in [0.5, 0.6) is 0 Å². The molecule has 0 spiro atoms. The normalized spacial score (nSPS) is 15.8. The fourth-order valence-corrected chi connectivity index (χ4v) is 8.84. The summed E-state index contributed by atoms with van der Waals surface area (Å²) in [5, 5.41) is 0. The van der Waals surface area contributed by atoms with E-state index in [9.17, 15) is 9.59 Å². The molecule has 0 saturated heterocycles. The van der Waals surface area contributed by atoms with Gasteiger partial charge in [0.15, 0.2) is 0 Å². The number of unbranched alkanes of at least 4 members (excludes halogenated alkanes) is 8. The van der Waals surface area contributed by atoms with Crippen molar-refractivity contribution in [2.45, 2.75) is 157 Å². The molecule has 316 valence electrons. The van der Waals surface area contributed by atoms with Gasteiger partial charge in [-0.1, -0.05) is 217 Å². The van der Waals surface area contributed by atoms with E-state index < -0.39 is 0 Å². The van der Waals surface area contributed by atoms with E-state index in [0.717, 1.165) is 105 Å². The van der Waals surface area contributed by atoms with E-state index in [4.69, 9.17) is 0 Å². The summed E-state index contributed by atoms with van der Waals surface area (Å²) in [7, 11) is 0. The predicted octanol–water partition coefficient (Wildman–Crippen LogP) is 14.9. The largest absolute Gasteiger partial charge is 0.311 e. The van der Waals surface area contributed by atoms with Crippen LogP contribution >= 0.6 is 0 Å². The number of hydrogen-bond donors (Lipinski definition) is 0. The fourth-order valence-electron chi connectivity index (χ4n) is 8.84. The number of allylic oxidation sites excluding steroid dienone is 1. The first-order valence-electron chi connectivity index (χ1n) is 23.3. The van der Waals surface area contributed by atoms with Crippen LogP contribution in [0, 0.1) is 5.41 Å². The number of hydrogen-bond acceptors (Lipinski definition) is 2. The smallest absolute Gasteiger partial charge is 0.261 e. The Kier molecular flexibility index (Phi) is 16.8. The highest BCUT2D eigenvalue weighted by molar-refractivity contribution is 6.25. The van der Waals surface area contributed by atoms with Crippen molar-refractivity contribution in [1.29, 1.82) is 0 Å². The van der Waals surface area contributed by atoms with E-state index in [1.807, 2.05) is 9.80 Å². The topological polar surface area (TPSA) is 40.6 Å². The van der Waals surface area contributed by atoms with Gasteiger partial charge in [-0.2, -0.15) is 0 Å². The first kappa shape index (κ1) is 45.6. The zero-order valence-corrected chi connectivity index (χ0v) is 38.0. The molecule has 2 heterocycles. The van der Waals surface area contributed by atoms with Gasteiger partial charge < -0.3 is 9.80 Å². The minimum atomic E-state index is -0.243. The fraction of sp³-hybridized carbons (Fsp3) is 0.491. The number of carbonyl (C=O) groups is 2. The molecule has 0 aromatic heterocycles. The molecule has 0 radical (unpaired) electrons. The summed E-state index contributed by atoms with van der Waals surface area (Å²) in [6.45, 7) is 19.4. The van der Waals surface area contributed by atoms with Crippen molar-refractivity contribution in [2.24, 2.45) is 5.41 Å². The molecule has 4 nitrogen and oxygen atoms in total. The van der Waals surface area contributed by atoms with Crippen LogP contribution in [0.2, 0.25) is 0 Å². The van der Waals surface area contributed by atoms with Gasteiger partial charge in [-0.05, 0) is 70.9 Å². The molecular formula is C55H74N2O2. The van der Waals surface area contributed by atoms with E-state index in [1.54, 1.807) is 0 Å². The monoisotopic (exact) mass is 795 g/mol. The van der Waals surface area contributed by atoms with Gasteiger partial charge in [0.05, 0.1) is 16.8 Å². The molecule has 2 aliphatic rings. The maximum absolute atomic E-state index is 14.7. The van der Waals surface area contributed by atoms with Gasteiger partial charge in [-0.25, -0.2) is 0 Å². The average Bonchev–Trinajstić information content (AvgIpc) is 3.70. The molecule has 0 fully saturated rings. The Balaban J connectivity index is 1.38. The summed E-state index contributed by atoms with van der Waals surface area (Å²) < 4.78 is 0. The molecule has 3 aromatic carbocycles. The molecule has 1 atom stereocenters. The summed E-state index contributed by atoms with van der Waals surface area (Å²) >= 11 is 0. The molecule has 3 aromatic rings. The second-order valence-electron chi connectivity index (χ2n) is 18.1. The van der Waals surface area contributed by atoms with E-state index in [-0.39, 0.29) is 22.6 Å². The second-order valence-corrected chi connectivity index (χ2v) is 18.1. The molecule has 5 rings (SSSR count). The van der Waals surface area contributed by atoms with Crippen molar-refractivity contribution in [2.75, 3.05) is 13.1 Å². The van der Waals surface area contributed by atoms with Gasteiger partial charge in [0.1, 0.15) is 0 Å². The van der Waals surface area contributed by atoms with Crippen LogP contribution in [-0.2, 0) is 15.0 Å². The molecule has 0 bridgehead atoms. The molecule has 2 aliphatic heterocycles. The summed E-state index contributed by atoms with van der Waals surface area (Å²) in [6, 6.07) is 26.1. The van der Waals surface area contributed by atoms with Crippen molar-refractivity contribution >= 4 is 41.8 Å². The van der Waals surface area contributed by atoms with Crippen molar-refractivity contribution < 1.29 is 9.59 Å². The molecule has 1 unspecified atom stereocenters. The number of fused-ring (bicyclic) bond motifs is 1. The second kappa shape index (κ2) is 21.7. The summed E-state index contributed by atoms with van der Waals surface area (Å²) in [6.07, 6.45) is 25.0. The first-order valence-corrected chi connectivity index (χ1v) is 23.3. The van der Waals surface area contributed by atoms with E-state index in [2.05, 4.69) is 152 Å². The van der Waals surface area contributed by atoms with Gasteiger partial charge in [0, 0.05) is 24.2 Å². The number of rotatable bonds is 24. The molecule has 0 aliphatic carbocycles. The lowest BCUT2D eigenvalue weighted by Crippen LogP contribution is -2.37. The highest BCUT2D eigenvalue weighted by Crippen LogP contribution is 2.51. The lowest BCUT2D eigenvalue weighted by atomic mass is 9.77. The molecule has 0 N–H and O–H groups in total. The van der Waals surface area contributed by atoms with Gasteiger partial charge in [-0.3, -0.25) is 9.59 Å². The van der Waals surface area contributed by atoms with Crippen molar-refractivity contribution in [3.05, 3.63) is 123 Å². The Morgan fingerprint density at radius 1 is 0.475 bits per heavy atom. The highest BCUT2D eigenvalue weighted by atomic mass is 16.2. The molecule has 4 heteroatoms. The SMILES string of the molecule is CCCCCCN1C(=O)C2=C(C(C)(CC)CCCC)N(CCCCCC)C(=O)C2=C1c1ccc(/C=C/c2ccc(/C=C/c3ccc(C(C)(C)CCCC)cc3)cc2)cc1. The van der Waals surface area contributed by atoms with Crippen molar-refractivity contribution in [3.8, 4) is 0 Å². The van der Waals surface area contributed by atoms with Gasteiger partial charge in [-0.15, -0.1) is 0 Å². The minimum absolute atomic E-state index is 0.0177. The van der Waals surface area contributed by atoms with Crippen LogP contribution < -0.4 is 0 Å². The van der Waals surface area contributed by atoms with Crippen LogP contribution in [0.15, 0.2) is 89.6 Å². The Bertz CT molecular complexity index is 1960. The maximum Gasteiger partial charge on any atom is 0.261 e. The van der Waals surface area contributed by atoms with Crippen LogP contribution in [0.4, 0.5) is 0 Å². The summed E-state index contributed by atoms with van der Waals surface area (Å²) in [5.74, 6) is 0.0354. The molecule has 59 heavy (non-hydrogen) atoms. The third kappa shape index (κ3) is 11.2. The first-order chi connectivity index (χ1) is 28.5. The Morgan fingerprint density at radius 2 is 0.898 bits per heavy atom. The standard InChI is InChI=1S/C55H74N2O2/c1-9-14-18-20-40-56-50(48-49(53(56)59)51(55(8,13-5)39-17-12-4)57(52(48)58)41-21-19-15-10-2)46-34-30-44(31-35-46)28-26-42-22-24-43(25-23-42)27-29-45-32-36-47(37-33-45)54(6,7)38-16-11-3/h22-37H,9-21,38-41H2,1-8H3/b28-26+,29-27+. The number of carbonyl (C=O) groups excluding carboxylic acids is 2. The molecular weight excluding hydrogens is 721 g/mol. The van der Waals surface area contributed by atoms with Gasteiger partial charge in [0.2, 0.25) is 0 Å². The summed E-state index contributed by atoms with van der Waals surface area (Å²) in [4.78, 5) is 33.4. The Morgan fingerprint density at radius 3 is 1.37 bits per heavy atom. The Hall–Kier alpha value is -4.44. The maximum atomic E-state index is 14.7. The lowest BCUT2D eigenvalue weighted by molar-refractivity contribution is -0.125. The number of benzene rings is 3. The van der Waals surface area contributed by atoms with Crippen molar-refractivity contribution in [1.82, 2.24) is 9.80 Å². The van der Waals surface area contributed by atoms with E-state index in [0.29, 0.717) is 24.2 Å². The third-order valence-corrected chi connectivity index (χ3v) is 13.0. The van der Waals surface area contributed by atoms with E-state index >= 15 is 0 Å². The Labute approximate surface area is 358 Å². The summed E-state index contributed by atoms with van der Waals surface area (Å²) in [5.41, 5.74) is 10.00. The minimum Gasteiger partial charge on any atom is -0.311 e. The number of amides is 2. The zero-order valence-electron chi connectivity index (χ0n) is 38.0. The van der Waals surface area contributed by atoms with Crippen LogP contribution in [0.3, 0.4) is 0 Å². The van der Waals surface area contributed by atoms with E-state index in [1.165, 1.54) is 36.0 Å². The van der Waals surface area contributed by atoms with Crippen LogP contribution in [0.1, 0.15) is 185 Å². The van der Waals surface area contributed by atoms with Crippen LogP contribution in [0.25, 0.3) is 30.0 Å². The van der Waals surface area contributed by atoms with Crippen molar-refractivity contribution in [3.63, 3.8) is 0 Å². The zero-order chi connectivity index (χ0) is 42.4. The lowest BCUT2D eigenvalue weighted by Gasteiger charge is -2.36. The van der Waals surface area contributed by atoms with Gasteiger partial charge in [0.25, 0.3) is 11.8 Å². The molecule has 0 saturated carbocycles. The highest BCUT2D eigenvalue weighted by Gasteiger charge is 2.52. The molecule has 2 amide bonds. The quantitative estimate of drug-likeness (QED) is 0.0669. The van der Waals surface area contributed by atoms with Gasteiger partial charge >= 0.3 is 0 Å². The number of nitrogens with zero attached hydrogens (tertiary/aromatic N) is 2. The third-order valence-electron chi connectivity index (χ3n) is 13.0.